The van der Waals surface area contributed by atoms with E-state index in [2.05, 4.69) is 114 Å². The Balaban J connectivity index is 0.000000351. The van der Waals surface area contributed by atoms with Crippen LogP contribution >= 0.6 is 0 Å². The molecule has 0 unspecified atom stereocenters. The van der Waals surface area contributed by atoms with Crippen LogP contribution < -0.4 is 14.5 Å². The van der Waals surface area contributed by atoms with Gasteiger partial charge in [0.25, 0.3) is 0 Å². The Morgan fingerprint density at radius 3 is 1.40 bits per heavy atom. The van der Waals surface area contributed by atoms with Crippen molar-refractivity contribution >= 4 is 11.4 Å². The molecular weight excluding hydrogens is 659 g/mol. The number of aryl methyl sites for hydroxylation is 1. The van der Waals surface area contributed by atoms with Gasteiger partial charge in [-0.2, -0.15) is 49.2 Å². The van der Waals surface area contributed by atoms with E-state index in [4.69, 9.17) is 4.74 Å². The van der Waals surface area contributed by atoms with Crippen molar-refractivity contribution in [2.45, 2.75) is 52.4 Å². The number of para-hydroxylation sites is 2. The molecule has 4 aromatic rings. The first-order valence-corrected chi connectivity index (χ1v) is 14.2. The van der Waals surface area contributed by atoms with Gasteiger partial charge in [-0.05, 0) is 57.1 Å². The van der Waals surface area contributed by atoms with E-state index < -0.39 is 0 Å². The third-order valence-corrected chi connectivity index (χ3v) is 7.25. The maximum Gasteiger partial charge on any atom is 3.00 e. The number of benzene rings is 3. The predicted molar refractivity (Wildman–Crippen MR) is 181 cm³/mol. The molecule has 42 heavy (non-hydrogen) atoms. The Bertz CT molecular complexity index is 1310. The number of anilines is 2. The summed E-state index contributed by atoms with van der Waals surface area (Å²) in [6.45, 7) is 21.2. The standard InChI is InChI=1S/C20H27O.2C9H12N.Tb/c1-14-12-16(19(2,3)4)18(21-7)17(13-14)20(5,6)15-10-8-9-11-15;2*1-8-6-4-5-7-9(8)10(2)3;/h8-13H,1-7H3;2*4-7H,1H2,2-3H3;/q3*-1;+3. The van der Waals surface area contributed by atoms with Crippen LogP contribution in [0.3, 0.4) is 0 Å². The van der Waals surface area contributed by atoms with E-state index in [1.54, 1.807) is 7.11 Å². The molecule has 0 bridgehead atoms. The molecule has 4 heteroatoms. The normalized spacial score (nSPS) is 10.7. The predicted octanol–water partition coefficient (Wildman–Crippen LogP) is 9.22. The molecule has 0 aliphatic carbocycles. The van der Waals surface area contributed by atoms with Gasteiger partial charge in [-0.25, -0.2) is 12.1 Å². The quantitative estimate of drug-likeness (QED) is 0.192. The fraction of sp³-hybridized carbons (Fsp3) is 0.342. The topological polar surface area (TPSA) is 15.7 Å². The summed E-state index contributed by atoms with van der Waals surface area (Å²) in [6.07, 6.45) is 0. The molecule has 0 atom stereocenters. The summed E-state index contributed by atoms with van der Waals surface area (Å²) in [5, 5.41) is 0. The number of nitrogens with zero attached hydrogens (tertiary/aromatic N) is 2. The van der Waals surface area contributed by atoms with Crippen molar-refractivity contribution in [3.05, 3.63) is 132 Å². The van der Waals surface area contributed by atoms with E-state index in [0.29, 0.717) is 0 Å². The monoisotopic (exact) mass is 710 g/mol. The van der Waals surface area contributed by atoms with Crippen LogP contribution in [0.2, 0.25) is 0 Å². The second-order valence-electron chi connectivity index (χ2n) is 12.5. The molecule has 0 saturated heterocycles. The SMILES string of the molecule is COc1c(C(C)(C)C)cc(C)cc1C(C)(C)[c-]1cccc1.[CH2-]c1ccccc1N(C)C.[CH2-]c1ccccc1N(C)C.[Tb+3]. The average Bonchev–Trinajstić information content (AvgIpc) is 3.45. The number of methoxy groups -OCH3 is 1. The van der Waals surface area contributed by atoms with Crippen molar-refractivity contribution in [1.29, 1.82) is 0 Å². The summed E-state index contributed by atoms with van der Waals surface area (Å²) in [5.74, 6) is 1.03. The van der Waals surface area contributed by atoms with Crippen LogP contribution in [-0.4, -0.2) is 35.3 Å². The van der Waals surface area contributed by atoms with Crippen LogP contribution in [0.1, 0.15) is 68.0 Å². The zero-order valence-electron chi connectivity index (χ0n) is 27.6. The molecule has 0 saturated carbocycles. The van der Waals surface area contributed by atoms with E-state index in [1.807, 2.05) is 64.6 Å². The molecule has 4 rings (SSSR count). The Hall–Kier alpha value is -2.56. The Kier molecular flexibility index (Phi) is 14.6. The molecule has 0 aliphatic heterocycles. The van der Waals surface area contributed by atoms with Crippen LogP contribution in [-0.2, 0) is 10.8 Å². The molecule has 0 N–H and O–H groups in total. The second kappa shape index (κ2) is 16.3. The smallest absolute Gasteiger partial charge is 0.496 e. The summed E-state index contributed by atoms with van der Waals surface area (Å²) >= 11 is 0. The van der Waals surface area contributed by atoms with Gasteiger partial charge < -0.3 is 14.5 Å². The Labute approximate surface area is 288 Å². The maximum atomic E-state index is 5.84. The zero-order chi connectivity index (χ0) is 31.0. The number of hydrogen-bond donors (Lipinski definition) is 0. The Morgan fingerprint density at radius 1 is 0.667 bits per heavy atom. The van der Waals surface area contributed by atoms with Gasteiger partial charge in [0.05, 0.1) is 7.11 Å². The van der Waals surface area contributed by atoms with Gasteiger partial charge in [-0.1, -0.05) is 88.0 Å². The van der Waals surface area contributed by atoms with E-state index >= 15 is 0 Å². The van der Waals surface area contributed by atoms with Crippen LogP contribution in [0.15, 0.2) is 84.9 Å². The van der Waals surface area contributed by atoms with Crippen molar-refractivity contribution < 1.29 is 43.3 Å². The van der Waals surface area contributed by atoms with Gasteiger partial charge in [0.1, 0.15) is 5.75 Å². The molecule has 0 spiro atoms. The second-order valence-corrected chi connectivity index (χ2v) is 12.5. The molecule has 228 valence electrons. The van der Waals surface area contributed by atoms with Gasteiger partial charge >= 0.3 is 38.6 Å². The first kappa shape index (κ1) is 37.5. The maximum absolute atomic E-state index is 5.84. The largest absolute Gasteiger partial charge is 3.00 e. The summed E-state index contributed by atoms with van der Waals surface area (Å²) in [7, 11) is 9.85. The molecule has 0 radical (unpaired) electrons. The third-order valence-electron chi connectivity index (χ3n) is 7.25. The minimum absolute atomic E-state index is 0. The fourth-order valence-corrected chi connectivity index (χ4v) is 4.85. The summed E-state index contributed by atoms with van der Waals surface area (Å²) in [6, 6.07) is 29.3. The summed E-state index contributed by atoms with van der Waals surface area (Å²) in [4.78, 5) is 4.12. The Morgan fingerprint density at radius 2 is 1.07 bits per heavy atom. The van der Waals surface area contributed by atoms with E-state index in [1.165, 1.54) is 33.6 Å². The van der Waals surface area contributed by atoms with Crippen molar-refractivity contribution in [3.63, 3.8) is 0 Å². The van der Waals surface area contributed by atoms with Gasteiger partial charge in [-0.3, -0.25) is 0 Å². The molecule has 4 aromatic carbocycles. The van der Waals surface area contributed by atoms with E-state index in [9.17, 15) is 0 Å². The van der Waals surface area contributed by atoms with E-state index in [0.717, 1.165) is 16.9 Å². The molecule has 3 nitrogen and oxygen atoms in total. The molecule has 0 heterocycles. The molecule has 0 aromatic heterocycles. The number of hydrogen-bond acceptors (Lipinski definition) is 3. The van der Waals surface area contributed by atoms with Gasteiger partial charge in [0.15, 0.2) is 0 Å². The molecule has 0 aliphatic rings. The van der Waals surface area contributed by atoms with E-state index in [-0.39, 0.29) is 49.4 Å². The fourth-order valence-electron chi connectivity index (χ4n) is 4.85. The van der Waals surface area contributed by atoms with Crippen molar-refractivity contribution in [2.75, 3.05) is 45.1 Å². The molecule has 0 amide bonds. The molecular formula is C38H51N2OTb. The summed E-state index contributed by atoms with van der Waals surface area (Å²) in [5.41, 5.74) is 9.67. The minimum atomic E-state index is -0.0686. The zero-order valence-corrected chi connectivity index (χ0v) is 29.8. The molecule has 0 fully saturated rings. The average molecular weight is 711 g/mol. The van der Waals surface area contributed by atoms with Crippen molar-refractivity contribution in [1.82, 2.24) is 0 Å². The van der Waals surface area contributed by atoms with Crippen LogP contribution in [0.4, 0.5) is 11.4 Å². The number of ether oxygens (including phenoxy) is 1. The summed E-state index contributed by atoms with van der Waals surface area (Å²) < 4.78 is 5.84. The van der Waals surface area contributed by atoms with Gasteiger partial charge in [0, 0.05) is 0 Å². The minimum Gasteiger partial charge on any atom is -0.496 e. The first-order chi connectivity index (χ1) is 19.1. The third kappa shape index (κ3) is 10.0. The van der Waals surface area contributed by atoms with Crippen LogP contribution in [0.5, 0.6) is 5.75 Å². The van der Waals surface area contributed by atoms with Gasteiger partial charge in [0.2, 0.25) is 0 Å². The number of rotatable bonds is 5. The van der Waals surface area contributed by atoms with Crippen molar-refractivity contribution in [3.8, 4) is 5.75 Å². The first-order valence-electron chi connectivity index (χ1n) is 14.2. The van der Waals surface area contributed by atoms with Crippen LogP contribution in [0, 0.1) is 59.4 Å². The van der Waals surface area contributed by atoms with Crippen molar-refractivity contribution in [2.24, 2.45) is 0 Å². The van der Waals surface area contributed by atoms with Crippen LogP contribution in [0.25, 0.3) is 0 Å². The van der Waals surface area contributed by atoms with Gasteiger partial charge in [-0.15, -0.1) is 17.7 Å².